The van der Waals surface area contributed by atoms with Crippen LogP contribution < -0.4 is 4.90 Å². The number of rotatable bonds is 5. The van der Waals surface area contributed by atoms with Crippen LogP contribution in [0.25, 0.3) is 0 Å². The van der Waals surface area contributed by atoms with Crippen LogP contribution in [0.1, 0.15) is 27.6 Å². The zero-order chi connectivity index (χ0) is 21.0. The molecule has 152 valence electrons. The van der Waals surface area contributed by atoms with Crippen LogP contribution in [0.3, 0.4) is 0 Å². The number of ether oxygens (including phenoxy) is 1. The molecule has 8 nitrogen and oxygen atoms in total. The number of hydrogen-bond acceptors (Lipinski definition) is 6. The predicted molar refractivity (Wildman–Crippen MR) is 104 cm³/mol. The second kappa shape index (κ2) is 8.68. The second-order valence-electron chi connectivity index (χ2n) is 6.50. The summed E-state index contributed by atoms with van der Waals surface area (Å²) in [6.07, 6.45) is 0. The summed E-state index contributed by atoms with van der Waals surface area (Å²) < 4.78 is 18.0. The highest BCUT2D eigenvalue weighted by atomic mass is 19.1. The molecule has 0 aliphatic carbocycles. The number of piperazine rings is 1. The number of esters is 1. The fraction of sp³-hybridized carbons (Fsp3) is 0.300. The third kappa shape index (κ3) is 4.68. The SMILES string of the molecule is CCOC(=O)c1cc(C(=O)N2CCN(c3ccc(F)cc3)CC2)cc([N+](=O)[O-])c1. The molecule has 3 rings (SSSR count). The molecule has 1 aliphatic heterocycles. The summed E-state index contributed by atoms with van der Waals surface area (Å²) in [6.45, 7) is 3.62. The zero-order valence-corrected chi connectivity index (χ0v) is 15.8. The molecule has 0 saturated carbocycles. The lowest BCUT2D eigenvalue weighted by molar-refractivity contribution is -0.384. The van der Waals surface area contributed by atoms with Gasteiger partial charge in [-0.1, -0.05) is 0 Å². The molecule has 1 saturated heterocycles. The van der Waals surface area contributed by atoms with E-state index in [1.807, 2.05) is 4.90 Å². The molecule has 1 aliphatic rings. The molecule has 29 heavy (non-hydrogen) atoms. The van der Waals surface area contributed by atoms with Crippen LogP contribution >= 0.6 is 0 Å². The molecule has 1 heterocycles. The number of carbonyl (C=O) groups excluding carboxylic acids is 2. The summed E-state index contributed by atoms with van der Waals surface area (Å²) in [5.41, 5.74) is 0.550. The molecule has 9 heteroatoms. The number of benzene rings is 2. The van der Waals surface area contributed by atoms with Crippen molar-refractivity contribution in [3.8, 4) is 0 Å². The van der Waals surface area contributed by atoms with Crippen LogP contribution in [0.4, 0.5) is 15.8 Å². The lowest BCUT2D eigenvalue weighted by Crippen LogP contribution is -2.48. The van der Waals surface area contributed by atoms with Gasteiger partial charge in [-0.15, -0.1) is 0 Å². The van der Waals surface area contributed by atoms with Crippen molar-refractivity contribution >= 4 is 23.3 Å². The van der Waals surface area contributed by atoms with Crippen molar-refractivity contribution in [2.45, 2.75) is 6.92 Å². The average Bonchev–Trinajstić information content (AvgIpc) is 2.73. The van der Waals surface area contributed by atoms with Crippen molar-refractivity contribution in [2.24, 2.45) is 0 Å². The maximum atomic E-state index is 13.1. The predicted octanol–water partition coefficient (Wildman–Crippen LogP) is 2.87. The summed E-state index contributed by atoms with van der Waals surface area (Å²) in [6, 6.07) is 9.70. The standard InChI is InChI=1S/C20H20FN3O5/c1-2-29-20(26)15-11-14(12-18(13-15)24(27)28)19(25)23-9-7-22(8-10-23)17-5-3-16(21)4-6-17/h3-6,11-13H,2,7-10H2,1H3. The first-order valence-electron chi connectivity index (χ1n) is 9.15. The van der Waals surface area contributed by atoms with Crippen molar-refractivity contribution in [1.29, 1.82) is 0 Å². The number of amides is 1. The van der Waals surface area contributed by atoms with Crippen LogP contribution in [-0.2, 0) is 4.74 Å². The molecule has 0 atom stereocenters. The Labute approximate surface area is 166 Å². The maximum Gasteiger partial charge on any atom is 0.338 e. The van der Waals surface area contributed by atoms with Gasteiger partial charge >= 0.3 is 5.97 Å². The van der Waals surface area contributed by atoms with Crippen LogP contribution in [0, 0.1) is 15.9 Å². The molecule has 1 amide bonds. The van der Waals surface area contributed by atoms with Gasteiger partial charge in [-0.05, 0) is 37.3 Å². The van der Waals surface area contributed by atoms with E-state index in [-0.39, 0.29) is 29.2 Å². The Hall–Kier alpha value is -3.49. The number of nitro groups is 1. The van der Waals surface area contributed by atoms with Crippen molar-refractivity contribution in [1.82, 2.24) is 4.90 Å². The van der Waals surface area contributed by atoms with Gasteiger partial charge in [-0.25, -0.2) is 9.18 Å². The van der Waals surface area contributed by atoms with E-state index < -0.39 is 16.8 Å². The van der Waals surface area contributed by atoms with E-state index in [4.69, 9.17) is 4.74 Å². The van der Waals surface area contributed by atoms with Gasteiger partial charge in [0.25, 0.3) is 11.6 Å². The van der Waals surface area contributed by atoms with Gasteiger partial charge in [0.1, 0.15) is 5.82 Å². The molecule has 0 bridgehead atoms. The smallest absolute Gasteiger partial charge is 0.338 e. The minimum atomic E-state index is -0.716. The summed E-state index contributed by atoms with van der Waals surface area (Å²) in [7, 11) is 0. The first kappa shape index (κ1) is 20.2. The monoisotopic (exact) mass is 401 g/mol. The minimum absolute atomic E-state index is 0.0330. The largest absolute Gasteiger partial charge is 0.462 e. The third-order valence-corrected chi connectivity index (χ3v) is 4.65. The lowest BCUT2D eigenvalue weighted by atomic mass is 10.1. The minimum Gasteiger partial charge on any atom is -0.462 e. The van der Waals surface area contributed by atoms with Crippen LogP contribution in [0.15, 0.2) is 42.5 Å². The average molecular weight is 401 g/mol. The number of carbonyl (C=O) groups is 2. The summed E-state index contributed by atoms with van der Waals surface area (Å²) in [4.78, 5) is 39.0. The van der Waals surface area contributed by atoms with Crippen molar-refractivity contribution in [2.75, 3.05) is 37.7 Å². The molecule has 0 spiro atoms. The zero-order valence-electron chi connectivity index (χ0n) is 15.8. The molecular formula is C20H20FN3O5. The Balaban J connectivity index is 1.75. The number of halogens is 1. The molecule has 1 fully saturated rings. The number of nitro benzene ring substituents is 1. The topological polar surface area (TPSA) is 93.0 Å². The Bertz CT molecular complexity index is 924. The molecule has 2 aromatic rings. The highest BCUT2D eigenvalue weighted by Gasteiger charge is 2.25. The van der Waals surface area contributed by atoms with E-state index >= 15 is 0 Å². The van der Waals surface area contributed by atoms with E-state index in [1.54, 1.807) is 24.0 Å². The Morgan fingerprint density at radius 1 is 1.07 bits per heavy atom. The van der Waals surface area contributed by atoms with E-state index in [2.05, 4.69) is 0 Å². The first-order chi connectivity index (χ1) is 13.9. The number of non-ortho nitro benzene ring substituents is 1. The quantitative estimate of drug-likeness (QED) is 0.435. The van der Waals surface area contributed by atoms with Crippen molar-refractivity contribution < 1.29 is 23.6 Å². The highest BCUT2D eigenvalue weighted by Crippen LogP contribution is 2.22. The Morgan fingerprint density at radius 2 is 1.69 bits per heavy atom. The molecule has 0 aromatic heterocycles. The van der Waals surface area contributed by atoms with Gasteiger partial charge in [-0.2, -0.15) is 0 Å². The Kier molecular flexibility index (Phi) is 6.06. The lowest BCUT2D eigenvalue weighted by Gasteiger charge is -2.36. The van der Waals surface area contributed by atoms with E-state index in [1.165, 1.54) is 18.2 Å². The maximum absolute atomic E-state index is 13.1. The molecular weight excluding hydrogens is 381 g/mol. The van der Waals surface area contributed by atoms with E-state index in [9.17, 15) is 24.1 Å². The highest BCUT2D eigenvalue weighted by molar-refractivity contribution is 5.99. The summed E-state index contributed by atoms with van der Waals surface area (Å²) in [5, 5.41) is 11.2. The fourth-order valence-electron chi connectivity index (χ4n) is 3.17. The normalized spacial score (nSPS) is 13.9. The van der Waals surface area contributed by atoms with Crippen LogP contribution in [-0.4, -0.2) is 54.5 Å². The van der Waals surface area contributed by atoms with Gasteiger partial charge < -0.3 is 14.5 Å². The molecule has 2 aromatic carbocycles. The number of nitrogens with zero attached hydrogens (tertiary/aromatic N) is 3. The molecule has 0 unspecified atom stereocenters. The van der Waals surface area contributed by atoms with E-state index in [0.717, 1.165) is 17.8 Å². The van der Waals surface area contributed by atoms with Crippen LogP contribution in [0.5, 0.6) is 0 Å². The van der Waals surface area contributed by atoms with Crippen molar-refractivity contribution in [3.63, 3.8) is 0 Å². The van der Waals surface area contributed by atoms with Gasteiger partial charge in [0.05, 0.1) is 17.1 Å². The van der Waals surface area contributed by atoms with Gasteiger partial charge in [-0.3, -0.25) is 14.9 Å². The van der Waals surface area contributed by atoms with E-state index in [0.29, 0.717) is 26.2 Å². The summed E-state index contributed by atoms with van der Waals surface area (Å²) >= 11 is 0. The van der Waals surface area contributed by atoms with Gasteiger partial charge in [0, 0.05) is 49.6 Å². The van der Waals surface area contributed by atoms with Crippen molar-refractivity contribution in [3.05, 3.63) is 69.5 Å². The molecule has 0 radical (unpaired) electrons. The second-order valence-corrected chi connectivity index (χ2v) is 6.50. The van der Waals surface area contributed by atoms with Crippen LogP contribution in [0.2, 0.25) is 0 Å². The number of hydrogen-bond donors (Lipinski definition) is 0. The van der Waals surface area contributed by atoms with Gasteiger partial charge in [0.2, 0.25) is 0 Å². The summed E-state index contributed by atoms with van der Waals surface area (Å²) in [5.74, 6) is -1.42. The van der Waals surface area contributed by atoms with Gasteiger partial charge in [0.15, 0.2) is 0 Å². The number of anilines is 1. The molecule has 0 N–H and O–H groups in total. The first-order valence-corrected chi connectivity index (χ1v) is 9.15. The third-order valence-electron chi connectivity index (χ3n) is 4.65. The Morgan fingerprint density at radius 3 is 2.28 bits per heavy atom. The fourth-order valence-corrected chi connectivity index (χ4v) is 3.17.